The molecule has 0 spiro atoms. The lowest BCUT2D eigenvalue weighted by Crippen LogP contribution is -2.35. The molecule has 1 aliphatic heterocycles. The van der Waals surface area contributed by atoms with Gasteiger partial charge in [-0.05, 0) is 19.4 Å². The van der Waals surface area contributed by atoms with Crippen LogP contribution in [0.25, 0.3) is 0 Å². The van der Waals surface area contributed by atoms with Crippen LogP contribution in [0.5, 0.6) is 0 Å². The van der Waals surface area contributed by atoms with Gasteiger partial charge in [-0.3, -0.25) is 0 Å². The zero-order chi connectivity index (χ0) is 7.23. The van der Waals surface area contributed by atoms with E-state index < -0.39 is 0 Å². The molecule has 0 radical (unpaired) electrons. The second-order valence-electron chi connectivity index (χ2n) is 2.53. The highest BCUT2D eigenvalue weighted by atomic mass is 35.5. The van der Waals surface area contributed by atoms with E-state index in [-0.39, 0.29) is 31.8 Å². The third kappa shape index (κ3) is 4.56. The number of ether oxygens (including phenoxy) is 1. The van der Waals surface area contributed by atoms with Gasteiger partial charge in [0.15, 0.2) is 0 Å². The standard InChI is InChI=1S/C7H14FNO.ClH/c8-3-5-10-7-2-1-4-9-6-7;/h7,9H,1-6H2;1H. The smallest absolute Gasteiger partial charge is 0.113 e. The van der Waals surface area contributed by atoms with Crippen molar-refractivity contribution in [1.82, 2.24) is 5.32 Å². The summed E-state index contributed by atoms with van der Waals surface area (Å²) in [6, 6.07) is 0. The molecule has 11 heavy (non-hydrogen) atoms. The molecule has 1 N–H and O–H groups in total. The molecule has 1 unspecified atom stereocenters. The fraction of sp³-hybridized carbons (Fsp3) is 1.00. The minimum absolute atomic E-state index is 0. The molecular weight excluding hydrogens is 169 g/mol. The lowest BCUT2D eigenvalue weighted by molar-refractivity contribution is 0.0295. The molecular formula is C7H15ClFNO. The Bertz CT molecular complexity index is 88.5. The number of hydrogen-bond acceptors (Lipinski definition) is 2. The van der Waals surface area contributed by atoms with E-state index in [1.807, 2.05) is 0 Å². The molecule has 0 aliphatic carbocycles. The number of nitrogens with one attached hydrogen (secondary N) is 1. The van der Waals surface area contributed by atoms with Gasteiger partial charge in [0, 0.05) is 6.54 Å². The molecule has 0 aromatic heterocycles. The molecule has 1 heterocycles. The van der Waals surface area contributed by atoms with Gasteiger partial charge in [-0.2, -0.15) is 0 Å². The van der Waals surface area contributed by atoms with Gasteiger partial charge in [0.1, 0.15) is 6.67 Å². The Kier molecular flexibility index (Phi) is 6.91. The van der Waals surface area contributed by atoms with Gasteiger partial charge in [-0.15, -0.1) is 12.4 Å². The molecule has 1 aliphatic rings. The molecule has 1 atom stereocenters. The summed E-state index contributed by atoms with van der Waals surface area (Å²) < 4.78 is 16.8. The van der Waals surface area contributed by atoms with Crippen LogP contribution in [0.15, 0.2) is 0 Å². The van der Waals surface area contributed by atoms with Crippen molar-refractivity contribution in [2.75, 3.05) is 26.4 Å². The van der Waals surface area contributed by atoms with E-state index in [9.17, 15) is 4.39 Å². The van der Waals surface area contributed by atoms with E-state index in [4.69, 9.17) is 4.74 Å². The van der Waals surface area contributed by atoms with Gasteiger partial charge >= 0.3 is 0 Å². The summed E-state index contributed by atoms with van der Waals surface area (Å²) in [6.07, 6.45) is 2.48. The van der Waals surface area contributed by atoms with Gasteiger partial charge in [0.25, 0.3) is 0 Å². The Morgan fingerprint density at radius 3 is 2.91 bits per heavy atom. The monoisotopic (exact) mass is 183 g/mol. The lowest BCUT2D eigenvalue weighted by atomic mass is 10.1. The topological polar surface area (TPSA) is 21.3 Å². The first-order chi connectivity index (χ1) is 4.93. The molecule has 68 valence electrons. The second-order valence-corrected chi connectivity index (χ2v) is 2.53. The van der Waals surface area contributed by atoms with E-state index in [1.165, 1.54) is 0 Å². The molecule has 0 saturated carbocycles. The second kappa shape index (κ2) is 6.83. The van der Waals surface area contributed by atoms with Crippen LogP contribution in [-0.4, -0.2) is 32.5 Å². The molecule has 1 saturated heterocycles. The molecule has 1 fully saturated rings. The minimum atomic E-state index is -0.365. The fourth-order valence-electron chi connectivity index (χ4n) is 1.17. The van der Waals surface area contributed by atoms with E-state index in [2.05, 4.69) is 5.32 Å². The Morgan fingerprint density at radius 2 is 2.36 bits per heavy atom. The van der Waals surface area contributed by atoms with Crippen molar-refractivity contribution in [3.05, 3.63) is 0 Å². The van der Waals surface area contributed by atoms with Crippen LogP contribution in [0.3, 0.4) is 0 Å². The summed E-state index contributed by atoms with van der Waals surface area (Å²) in [5.41, 5.74) is 0. The molecule has 1 rings (SSSR count). The maximum absolute atomic E-state index is 11.6. The average molecular weight is 184 g/mol. The third-order valence-corrected chi connectivity index (χ3v) is 1.68. The van der Waals surface area contributed by atoms with Crippen molar-refractivity contribution in [2.45, 2.75) is 18.9 Å². The first-order valence-corrected chi connectivity index (χ1v) is 3.82. The van der Waals surface area contributed by atoms with Crippen LogP contribution in [0.1, 0.15) is 12.8 Å². The molecule has 0 aromatic carbocycles. The summed E-state index contributed by atoms with van der Waals surface area (Å²) in [7, 11) is 0. The van der Waals surface area contributed by atoms with Gasteiger partial charge in [-0.1, -0.05) is 0 Å². The highest BCUT2D eigenvalue weighted by Gasteiger charge is 2.11. The molecule has 2 nitrogen and oxygen atoms in total. The van der Waals surface area contributed by atoms with Crippen molar-refractivity contribution in [2.24, 2.45) is 0 Å². The van der Waals surface area contributed by atoms with Gasteiger partial charge in [-0.25, -0.2) is 4.39 Å². The Labute approximate surface area is 72.9 Å². The predicted octanol–water partition coefficient (Wildman–Crippen LogP) is 1.15. The van der Waals surface area contributed by atoms with Crippen LogP contribution in [-0.2, 0) is 4.74 Å². The Balaban J connectivity index is 0.000001000. The van der Waals surface area contributed by atoms with Crippen molar-refractivity contribution in [3.8, 4) is 0 Å². The fourth-order valence-corrected chi connectivity index (χ4v) is 1.17. The summed E-state index contributed by atoms with van der Waals surface area (Å²) >= 11 is 0. The maximum Gasteiger partial charge on any atom is 0.113 e. The van der Waals surface area contributed by atoms with Crippen molar-refractivity contribution < 1.29 is 9.13 Å². The molecule has 4 heteroatoms. The van der Waals surface area contributed by atoms with Crippen molar-refractivity contribution >= 4 is 12.4 Å². The summed E-state index contributed by atoms with van der Waals surface area (Å²) in [6.45, 7) is 1.86. The average Bonchev–Trinajstić information content (AvgIpc) is 2.03. The molecule has 0 aromatic rings. The van der Waals surface area contributed by atoms with Crippen molar-refractivity contribution in [1.29, 1.82) is 0 Å². The number of halogens is 2. The Morgan fingerprint density at radius 1 is 1.55 bits per heavy atom. The van der Waals surface area contributed by atoms with Crippen LogP contribution in [0.2, 0.25) is 0 Å². The lowest BCUT2D eigenvalue weighted by Gasteiger charge is -2.22. The highest BCUT2D eigenvalue weighted by molar-refractivity contribution is 5.85. The van der Waals surface area contributed by atoms with E-state index in [0.717, 1.165) is 25.9 Å². The van der Waals surface area contributed by atoms with Gasteiger partial charge in [0.05, 0.1) is 12.7 Å². The van der Waals surface area contributed by atoms with Crippen molar-refractivity contribution in [3.63, 3.8) is 0 Å². The normalized spacial score (nSPS) is 24.3. The first kappa shape index (κ1) is 11.1. The van der Waals surface area contributed by atoms with E-state index >= 15 is 0 Å². The van der Waals surface area contributed by atoms with Crippen LogP contribution in [0, 0.1) is 0 Å². The van der Waals surface area contributed by atoms with Crippen LogP contribution in [0.4, 0.5) is 4.39 Å². The van der Waals surface area contributed by atoms with E-state index in [1.54, 1.807) is 0 Å². The highest BCUT2D eigenvalue weighted by Crippen LogP contribution is 2.04. The SMILES string of the molecule is Cl.FCCOC1CCCNC1. The summed E-state index contributed by atoms with van der Waals surface area (Å²) in [5.74, 6) is 0. The number of piperidine rings is 1. The quantitative estimate of drug-likeness (QED) is 0.709. The number of hydrogen-bond donors (Lipinski definition) is 1. The largest absolute Gasteiger partial charge is 0.374 e. The van der Waals surface area contributed by atoms with E-state index in [0.29, 0.717) is 0 Å². The van der Waals surface area contributed by atoms with Gasteiger partial charge in [0.2, 0.25) is 0 Å². The zero-order valence-corrected chi connectivity index (χ0v) is 7.33. The van der Waals surface area contributed by atoms with Gasteiger partial charge < -0.3 is 10.1 Å². The van der Waals surface area contributed by atoms with Crippen LogP contribution >= 0.6 is 12.4 Å². The molecule has 0 bridgehead atoms. The zero-order valence-electron chi connectivity index (χ0n) is 6.51. The summed E-state index contributed by atoms with van der Waals surface area (Å²) in [5, 5.41) is 3.20. The summed E-state index contributed by atoms with van der Waals surface area (Å²) in [4.78, 5) is 0. The third-order valence-electron chi connectivity index (χ3n) is 1.68. The Hall–Kier alpha value is 0.140. The minimum Gasteiger partial charge on any atom is -0.374 e. The number of alkyl halides is 1. The molecule has 0 amide bonds. The predicted molar refractivity (Wildman–Crippen MR) is 45.1 cm³/mol. The number of rotatable bonds is 3. The van der Waals surface area contributed by atoms with Crippen LogP contribution < -0.4 is 5.32 Å². The maximum atomic E-state index is 11.6. The first-order valence-electron chi connectivity index (χ1n) is 3.82.